The third kappa shape index (κ3) is 2.71. The number of nitrogens with one attached hydrogen (secondary N) is 1. The van der Waals surface area contributed by atoms with Crippen LogP contribution in [0, 0.1) is 23.2 Å². The second-order valence-electron chi connectivity index (χ2n) is 7.45. The van der Waals surface area contributed by atoms with Crippen LogP contribution in [-0.4, -0.2) is 25.8 Å². The molecule has 0 aliphatic heterocycles. The summed E-state index contributed by atoms with van der Waals surface area (Å²) in [6.07, 6.45) is 10.3. The molecule has 1 N–H and O–H groups in total. The van der Waals surface area contributed by atoms with Gasteiger partial charge >= 0.3 is 0 Å². The second-order valence-corrected chi connectivity index (χ2v) is 7.45. The predicted octanol–water partition coefficient (Wildman–Crippen LogP) is 3.61. The molecule has 1 unspecified atom stereocenters. The van der Waals surface area contributed by atoms with Gasteiger partial charge in [-0.15, -0.1) is 0 Å². The molecule has 0 spiro atoms. The minimum absolute atomic E-state index is 0.582. The van der Waals surface area contributed by atoms with Crippen LogP contribution in [0.15, 0.2) is 0 Å². The number of hydrogen-bond acceptors (Lipinski definition) is 2. The van der Waals surface area contributed by atoms with Crippen molar-refractivity contribution in [2.45, 2.75) is 64.8 Å². The van der Waals surface area contributed by atoms with Crippen LogP contribution in [-0.2, 0) is 4.74 Å². The molecule has 0 aromatic rings. The molecule has 19 heavy (non-hydrogen) atoms. The molecule has 4 bridgehead atoms. The van der Waals surface area contributed by atoms with Crippen LogP contribution in [0.1, 0.15) is 58.8 Å². The van der Waals surface area contributed by atoms with E-state index in [1.807, 2.05) is 0 Å². The fourth-order valence-corrected chi connectivity index (χ4v) is 5.61. The van der Waals surface area contributed by atoms with Gasteiger partial charge in [-0.05, 0) is 81.6 Å². The Bertz CT molecular complexity index is 258. The first-order valence-corrected chi connectivity index (χ1v) is 8.57. The molecule has 2 heteroatoms. The minimum Gasteiger partial charge on any atom is -0.380 e. The Morgan fingerprint density at radius 1 is 1.05 bits per heavy atom. The minimum atomic E-state index is 0.582. The molecule has 0 saturated heterocycles. The van der Waals surface area contributed by atoms with E-state index >= 15 is 0 Å². The van der Waals surface area contributed by atoms with Crippen LogP contribution < -0.4 is 5.32 Å². The van der Waals surface area contributed by atoms with E-state index in [1.54, 1.807) is 0 Å². The maximum atomic E-state index is 5.82. The van der Waals surface area contributed by atoms with Crippen molar-refractivity contribution in [3.63, 3.8) is 0 Å². The molecule has 4 rings (SSSR count). The normalized spacial score (nSPS) is 41.7. The summed E-state index contributed by atoms with van der Waals surface area (Å²) < 4.78 is 5.82. The van der Waals surface area contributed by atoms with Crippen LogP contribution in [0.2, 0.25) is 0 Å². The topological polar surface area (TPSA) is 21.3 Å². The van der Waals surface area contributed by atoms with Gasteiger partial charge < -0.3 is 10.1 Å². The molecular weight excluding hydrogens is 234 g/mol. The first-order valence-electron chi connectivity index (χ1n) is 8.57. The summed E-state index contributed by atoms with van der Waals surface area (Å²) in [6, 6.07) is 0.612. The van der Waals surface area contributed by atoms with Gasteiger partial charge in [0.2, 0.25) is 0 Å². The van der Waals surface area contributed by atoms with Gasteiger partial charge in [-0.3, -0.25) is 0 Å². The Kier molecular flexibility index (Phi) is 4.19. The van der Waals surface area contributed by atoms with E-state index < -0.39 is 0 Å². The van der Waals surface area contributed by atoms with Gasteiger partial charge in [-0.2, -0.15) is 0 Å². The van der Waals surface area contributed by atoms with Gasteiger partial charge in [0.25, 0.3) is 0 Å². The van der Waals surface area contributed by atoms with Crippen molar-refractivity contribution >= 4 is 0 Å². The molecule has 0 amide bonds. The lowest BCUT2D eigenvalue weighted by Crippen LogP contribution is -2.57. The van der Waals surface area contributed by atoms with E-state index in [0.717, 1.165) is 37.5 Å². The molecule has 110 valence electrons. The zero-order valence-electron chi connectivity index (χ0n) is 12.8. The molecule has 0 radical (unpaired) electrons. The smallest absolute Gasteiger partial charge is 0.0624 e. The Morgan fingerprint density at radius 3 is 2.11 bits per heavy atom. The zero-order valence-corrected chi connectivity index (χ0v) is 12.8. The van der Waals surface area contributed by atoms with Gasteiger partial charge in [-0.1, -0.05) is 6.92 Å². The average molecular weight is 265 g/mol. The van der Waals surface area contributed by atoms with Crippen molar-refractivity contribution in [1.82, 2.24) is 5.32 Å². The summed E-state index contributed by atoms with van der Waals surface area (Å²) in [5.41, 5.74) is 0.582. The molecule has 4 saturated carbocycles. The van der Waals surface area contributed by atoms with Crippen molar-refractivity contribution in [1.29, 1.82) is 0 Å². The van der Waals surface area contributed by atoms with Crippen LogP contribution in [0.4, 0.5) is 0 Å². The van der Waals surface area contributed by atoms with E-state index in [4.69, 9.17) is 4.74 Å². The summed E-state index contributed by atoms with van der Waals surface area (Å²) in [7, 11) is 0. The van der Waals surface area contributed by atoms with Gasteiger partial charge in [-0.25, -0.2) is 0 Å². The zero-order chi connectivity index (χ0) is 13.3. The highest BCUT2D eigenvalue weighted by molar-refractivity contribution is 5.06. The Morgan fingerprint density at radius 2 is 1.63 bits per heavy atom. The highest BCUT2D eigenvalue weighted by Crippen LogP contribution is 2.61. The molecule has 0 heterocycles. The number of ether oxygens (including phenoxy) is 1. The quantitative estimate of drug-likeness (QED) is 0.759. The summed E-state index contributed by atoms with van der Waals surface area (Å²) in [5.74, 6) is 3.12. The van der Waals surface area contributed by atoms with Crippen LogP contribution >= 0.6 is 0 Å². The van der Waals surface area contributed by atoms with Crippen LogP contribution in [0.25, 0.3) is 0 Å². The van der Waals surface area contributed by atoms with Crippen molar-refractivity contribution in [2.75, 3.05) is 19.8 Å². The Labute approximate surface area is 118 Å². The summed E-state index contributed by atoms with van der Waals surface area (Å²) in [6.45, 7) is 7.33. The van der Waals surface area contributed by atoms with E-state index in [2.05, 4.69) is 19.2 Å². The van der Waals surface area contributed by atoms with Crippen molar-refractivity contribution in [3.05, 3.63) is 0 Å². The first-order chi connectivity index (χ1) is 9.25. The highest BCUT2D eigenvalue weighted by atomic mass is 16.5. The summed E-state index contributed by atoms with van der Waals surface area (Å²) >= 11 is 0. The number of hydrogen-bond donors (Lipinski definition) is 1. The fraction of sp³-hybridized carbons (Fsp3) is 1.00. The predicted molar refractivity (Wildman–Crippen MR) is 79.2 cm³/mol. The van der Waals surface area contributed by atoms with Gasteiger partial charge in [0.1, 0.15) is 0 Å². The molecule has 0 aromatic carbocycles. The van der Waals surface area contributed by atoms with Gasteiger partial charge in [0, 0.05) is 12.6 Å². The maximum absolute atomic E-state index is 5.82. The van der Waals surface area contributed by atoms with E-state index in [0.29, 0.717) is 11.5 Å². The fourth-order valence-electron chi connectivity index (χ4n) is 5.61. The third-order valence-corrected chi connectivity index (χ3v) is 5.95. The molecule has 4 aliphatic carbocycles. The molecule has 4 fully saturated rings. The summed E-state index contributed by atoms with van der Waals surface area (Å²) in [4.78, 5) is 0. The molecule has 2 nitrogen and oxygen atoms in total. The standard InChI is InChI=1S/C17H31NO/c1-3-5-18-16(12-19-4-2)17-9-13-6-14(10-17)8-15(7-13)11-17/h13-16,18H,3-12H2,1-2H3. The van der Waals surface area contributed by atoms with Gasteiger partial charge in [0.05, 0.1) is 6.61 Å². The Hall–Kier alpha value is -0.0800. The molecule has 0 aromatic heterocycles. The third-order valence-electron chi connectivity index (χ3n) is 5.95. The van der Waals surface area contributed by atoms with Crippen molar-refractivity contribution in [3.8, 4) is 0 Å². The maximum Gasteiger partial charge on any atom is 0.0624 e. The average Bonchev–Trinajstić information content (AvgIpc) is 2.37. The Balaban J connectivity index is 1.72. The summed E-state index contributed by atoms with van der Waals surface area (Å²) in [5, 5.41) is 3.84. The van der Waals surface area contributed by atoms with Crippen molar-refractivity contribution < 1.29 is 4.74 Å². The lowest BCUT2D eigenvalue weighted by molar-refractivity contribution is -0.0879. The van der Waals surface area contributed by atoms with Gasteiger partial charge in [0.15, 0.2) is 0 Å². The van der Waals surface area contributed by atoms with E-state index in [9.17, 15) is 0 Å². The molecule has 1 atom stereocenters. The van der Waals surface area contributed by atoms with Crippen LogP contribution in [0.3, 0.4) is 0 Å². The largest absolute Gasteiger partial charge is 0.380 e. The van der Waals surface area contributed by atoms with E-state index in [-0.39, 0.29) is 0 Å². The molecular formula is C17H31NO. The highest BCUT2D eigenvalue weighted by Gasteiger charge is 2.53. The van der Waals surface area contributed by atoms with Crippen molar-refractivity contribution in [2.24, 2.45) is 23.2 Å². The second kappa shape index (κ2) is 5.73. The van der Waals surface area contributed by atoms with Crippen LogP contribution in [0.5, 0.6) is 0 Å². The number of rotatable bonds is 7. The van der Waals surface area contributed by atoms with E-state index in [1.165, 1.54) is 44.9 Å². The molecule has 4 aliphatic rings. The lowest BCUT2D eigenvalue weighted by atomic mass is 9.47. The first kappa shape index (κ1) is 13.9. The lowest BCUT2D eigenvalue weighted by Gasteiger charge is -2.59. The monoisotopic (exact) mass is 265 g/mol. The SMILES string of the molecule is CCCNC(COCC)C12CC3CC(CC(C3)C1)C2.